The molecule has 104 valence electrons. The Kier molecular flexibility index (Phi) is 4.82. The third-order valence-corrected chi connectivity index (χ3v) is 4.50. The van der Waals surface area contributed by atoms with Gasteiger partial charge in [-0.1, -0.05) is 12.1 Å². The van der Waals surface area contributed by atoms with Crippen LogP contribution in [0.25, 0.3) is 0 Å². The minimum Gasteiger partial charge on any atom is -0.396 e. The number of rotatable bonds is 7. The molecule has 0 aliphatic heterocycles. The summed E-state index contributed by atoms with van der Waals surface area (Å²) in [5, 5.41) is 11.8. The van der Waals surface area contributed by atoms with Gasteiger partial charge in [0.15, 0.2) is 0 Å². The van der Waals surface area contributed by atoms with Crippen LogP contribution in [-0.2, 0) is 4.79 Å². The summed E-state index contributed by atoms with van der Waals surface area (Å²) in [6.07, 6.45) is 2.87. The minimum absolute atomic E-state index is 0.0857. The van der Waals surface area contributed by atoms with Crippen LogP contribution in [0.2, 0.25) is 0 Å². The molecule has 0 saturated heterocycles. The maximum absolute atomic E-state index is 13.3. The summed E-state index contributed by atoms with van der Waals surface area (Å²) < 4.78 is 13.3. The second-order valence-corrected chi connectivity index (χ2v) is 5.99. The second kappa shape index (κ2) is 6.39. The number of carbonyl (C=O) groups is 1. The number of amides is 1. The molecule has 1 amide bonds. The van der Waals surface area contributed by atoms with Gasteiger partial charge in [0, 0.05) is 18.0 Å². The van der Waals surface area contributed by atoms with E-state index >= 15 is 0 Å². The molecule has 3 nitrogen and oxygen atoms in total. The van der Waals surface area contributed by atoms with E-state index < -0.39 is 0 Å². The maximum atomic E-state index is 13.3. The molecule has 1 aliphatic carbocycles. The molecule has 5 heteroatoms. The predicted octanol–water partition coefficient (Wildman–Crippen LogP) is 2.20. The highest BCUT2D eigenvalue weighted by Crippen LogP contribution is 2.47. The van der Waals surface area contributed by atoms with E-state index in [0.717, 1.165) is 19.3 Å². The van der Waals surface area contributed by atoms with Crippen molar-refractivity contribution in [2.24, 2.45) is 5.41 Å². The zero-order chi connectivity index (χ0) is 13.7. The fourth-order valence-corrected chi connectivity index (χ4v) is 2.74. The van der Waals surface area contributed by atoms with Gasteiger partial charge in [-0.15, -0.1) is 11.8 Å². The van der Waals surface area contributed by atoms with E-state index in [9.17, 15) is 9.18 Å². The van der Waals surface area contributed by atoms with Crippen LogP contribution in [0.4, 0.5) is 4.39 Å². The van der Waals surface area contributed by atoms with Gasteiger partial charge in [0.05, 0.1) is 5.75 Å². The number of aliphatic hydroxyl groups is 1. The lowest BCUT2D eigenvalue weighted by Gasteiger charge is -2.14. The summed E-state index contributed by atoms with van der Waals surface area (Å²) >= 11 is 1.20. The lowest BCUT2D eigenvalue weighted by atomic mass is 10.0. The summed E-state index contributed by atoms with van der Waals surface area (Å²) in [5.41, 5.74) is 0.118. The van der Waals surface area contributed by atoms with Gasteiger partial charge in [-0.2, -0.15) is 0 Å². The average Bonchev–Trinajstić information content (AvgIpc) is 3.16. The van der Waals surface area contributed by atoms with Crippen LogP contribution >= 0.6 is 11.8 Å². The Morgan fingerprint density at radius 1 is 1.42 bits per heavy atom. The number of aliphatic hydroxyl groups excluding tert-OH is 1. The van der Waals surface area contributed by atoms with Crippen molar-refractivity contribution >= 4 is 17.7 Å². The highest BCUT2D eigenvalue weighted by atomic mass is 32.2. The standard InChI is InChI=1S/C14H18FNO2S/c15-11-3-1-2-4-12(11)19-9-13(18)16-10-14(5-6-14)7-8-17/h1-4,17H,5-10H2,(H,16,18). The Bertz CT molecular complexity index is 449. The second-order valence-electron chi connectivity index (χ2n) is 4.97. The average molecular weight is 283 g/mol. The van der Waals surface area contributed by atoms with Crippen molar-refractivity contribution in [2.45, 2.75) is 24.2 Å². The predicted molar refractivity (Wildman–Crippen MR) is 73.5 cm³/mol. The molecule has 0 atom stereocenters. The number of carbonyl (C=O) groups excluding carboxylic acids is 1. The van der Waals surface area contributed by atoms with Crippen LogP contribution in [0.1, 0.15) is 19.3 Å². The third-order valence-electron chi connectivity index (χ3n) is 3.46. The molecule has 19 heavy (non-hydrogen) atoms. The van der Waals surface area contributed by atoms with E-state index in [4.69, 9.17) is 5.11 Å². The molecule has 2 N–H and O–H groups in total. The minimum atomic E-state index is -0.292. The molecule has 0 unspecified atom stereocenters. The Morgan fingerprint density at radius 3 is 2.79 bits per heavy atom. The molecule has 1 saturated carbocycles. The molecule has 1 fully saturated rings. The monoisotopic (exact) mass is 283 g/mol. The Morgan fingerprint density at radius 2 is 2.16 bits per heavy atom. The zero-order valence-electron chi connectivity index (χ0n) is 10.7. The van der Waals surface area contributed by atoms with E-state index in [1.165, 1.54) is 17.8 Å². The van der Waals surface area contributed by atoms with E-state index in [1.807, 2.05) is 0 Å². The molecule has 0 heterocycles. The molecule has 2 rings (SSSR count). The number of nitrogens with one attached hydrogen (secondary N) is 1. The quantitative estimate of drug-likeness (QED) is 0.754. The maximum Gasteiger partial charge on any atom is 0.230 e. The number of benzene rings is 1. The SMILES string of the molecule is O=C(CSc1ccccc1F)NCC1(CCO)CC1. The molecule has 0 bridgehead atoms. The van der Waals surface area contributed by atoms with Crippen molar-refractivity contribution in [1.82, 2.24) is 5.32 Å². The molecule has 1 aliphatic rings. The smallest absolute Gasteiger partial charge is 0.230 e. The molecule has 0 spiro atoms. The van der Waals surface area contributed by atoms with Crippen molar-refractivity contribution in [1.29, 1.82) is 0 Å². The molecule has 1 aromatic rings. The lowest BCUT2D eigenvalue weighted by molar-refractivity contribution is -0.118. The van der Waals surface area contributed by atoms with Crippen molar-refractivity contribution in [3.63, 3.8) is 0 Å². The Balaban J connectivity index is 1.72. The number of halogens is 1. The molecular weight excluding hydrogens is 265 g/mol. The van der Waals surface area contributed by atoms with Crippen molar-refractivity contribution in [2.75, 3.05) is 18.9 Å². The third kappa shape index (κ3) is 4.21. The number of hydrogen-bond acceptors (Lipinski definition) is 3. The van der Waals surface area contributed by atoms with Gasteiger partial charge in [0.2, 0.25) is 5.91 Å². The van der Waals surface area contributed by atoms with Gasteiger partial charge in [-0.05, 0) is 36.8 Å². The summed E-state index contributed by atoms with van der Waals surface area (Å²) in [6.45, 7) is 0.782. The van der Waals surface area contributed by atoms with Gasteiger partial charge in [0.1, 0.15) is 5.82 Å². The van der Waals surface area contributed by atoms with Gasteiger partial charge in [-0.3, -0.25) is 4.79 Å². The van der Waals surface area contributed by atoms with Gasteiger partial charge in [0.25, 0.3) is 0 Å². The van der Waals surface area contributed by atoms with Gasteiger partial charge < -0.3 is 10.4 Å². The molecule has 0 aromatic heterocycles. The largest absolute Gasteiger partial charge is 0.396 e. The van der Waals surface area contributed by atoms with Crippen molar-refractivity contribution in [3.8, 4) is 0 Å². The topological polar surface area (TPSA) is 49.3 Å². The van der Waals surface area contributed by atoms with Crippen LogP contribution in [-0.4, -0.2) is 29.9 Å². The molecular formula is C14H18FNO2S. The van der Waals surface area contributed by atoms with Gasteiger partial charge in [-0.25, -0.2) is 4.39 Å². The highest BCUT2D eigenvalue weighted by molar-refractivity contribution is 8.00. The number of thioether (sulfide) groups is 1. The van der Waals surface area contributed by atoms with Gasteiger partial charge >= 0.3 is 0 Å². The first kappa shape index (κ1) is 14.3. The Labute approximate surface area is 116 Å². The van der Waals surface area contributed by atoms with Crippen LogP contribution in [0.15, 0.2) is 29.2 Å². The summed E-state index contributed by atoms with van der Waals surface area (Å²) in [4.78, 5) is 12.2. The lowest BCUT2D eigenvalue weighted by Crippen LogP contribution is -2.31. The molecule has 1 aromatic carbocycles. The van der Waals surface area contributed by atoms with Crippen LogP contribution in [0.5, 0.6) is 0 Å². The van der Waals surface area contributed by atoms with Crippen molar-refractivity contribution < 1.29 is 14.3 Å². The first-order chi connectivity index (χ1) is 9.15. The van der Waals surface area contributed by atoms with E-state index in [-0.39, 0.29) is 29.5 Å². The number of hydrogen-bond donors (Lipinski definition) is 2. The van der Waals surface area contributed by atoms with E-state index in [2.05, 4.69) is 5.32 Å². The fourth-order valence-electron chi connectivity index (χ4n) is 1.97. The first-order valence-corrected chi connectivity index (χ1v) is 7.39. The first-order valence-electron chi connectivity index (χ1n) is 6.40. The zero-order valence-corrected chi connectivity index (χ0v) is 11.5. The van der Waals surface area contributed by atoms with Crippen molar-refractivity contribution in [3.05, 3.63) is 30.1 Å². The van der Waals surface area contributed by atoms with E-state index in [1.54, 1.807) is 18.2 Å². The fraction of sp³-hybridized carbons (Fsp3) is 0.500. The summed E-state index contributed by atoms with van der Waals surface area (Å²) in [6, 6.07) is 6.44. The van der Waals surface area contributed by atoms with E-state index in [0.29, 0.717) is 11.4 Å². The van der Waals surface area contributed by atoms with Crippen LogP contribution in [0, 0.1) is 11.2 Å². The summed E-state index contributed by atoms with van der Waals surface area (Å²) in [5.74, 6) is -0.160. The van der Waals surface area contributed by atoms with Crippen LogP contribution < -0.4 is 5.32 Å². The Hall–Kier alpha value is -1.07. The normalized spacial score (nSPS) is 16.1. The highest BCUT2D eigenvalue weighted by Gasteiger charge is 2.41. The molecule has 0 radical (unpaired) electrons. The summed E-state index contributed by atoms with van der Waals surface area (Å²) in [7, 11) is 0. The van der Waals surface area contributed by atoms with Crippen LogP contribution in [0.3, 0.4) is 0 Å².